The van der Waals surface area contributed by atoms with Gasteiger partial charge < -0.3 is 14.6 Å². The molecule has 0 aliphatic heterocycles. The smallest absolute Gasteiger partial charge is 0.239 e. The highest BCUT2D eigenvalue weighted by molar-refractivity contribution is 5.22. The molecule has 0 fully saturated rings. The van der Waals surface area contributed by atoms with Gasteiger partial charge >= 0.3 is 0 Å². The van der Waals surface area contributed by atoms with Gasteiger partial charge in [-0.25, -0.2) is 0 Å². The van der Waals surface area contributed by atoms with E-state index in [0.29, 0.717) is 25.9 Å². The number of hydrogen-bond donors (Lipinski definition) is 1. The van der Waals surface area contributed by atoms with E-state index < -0.39 is 11.4 Å². The van der Waals surface area contributed by atoms with Gasteiger partial charge in [0.15, 0.2) is 0 Å². The van der Waals surface area contributed by atoms with Crippen molar-refractivity contribution in [3.63, 3.8) is 0 Å². The minimum absolute atomic E-state index is 0.525. The molecule has 1 unspecified atom stereocenters. The Morgan fingerprint density at radius 3 is 1.80 bits per heavy atom. The fourth-order valence-corrected chi connectivity index (χ4v) is 3.38. The maximum Gasteiger partial charge on any atom is 0.239 e. The summed E-state index contributed by atoms with van der Waals surface area (Å²) >= 11 is 0. The summed E-state index contributed by atoms with van der Waals surface area (Å²) in [5.74, 6) is -0.220. The van der Waals surface area contributed by atoms with E-state index >= 15 is 0 Å². The average Bonchev–Trinajstić information content (AvgIpc) is 2.63. The third-order valence-electron chi connectivity index (χ3n) is 4.86. The second-order valence-electron chi connectivity index (χ2n) is 6.94. The van der Waals surface area contributed by atoms with E-state index in [9.17, 15) is 5.11 Å². The van der Waals surface area contributed by atoms with Crippen LogP contribution in [0.2, 0.25) is 0 Å². The molecule has 1 N–H and O–H groups in total. The molecule has 1 atom stereocenters. The lowest BCUT2D eigenvalue weighted by atomic mass is 9.80. The molecule has 0 radical (unpaired) electrons. The molecule has 3 heteroatoms. The van der Waals surface area contributed by atoms with Gasteiger partial charge in [-0.2, -0.15) is 0 Å². The Morgan fingerprint density at radius 2 is 1.32 bits per heavy atom. The van der Waals surface area contributed by atoms with Crippen LogP contribution >= 0.6 is 0 Å². The zero-order valence-electron chi connectivity index (χ0n) is 16.7. The van der Waals surface area contributed by atoms with Crippen LogP contribution in [-0.4, -0.2) is 23.1 Å². The minimum atomic E-state index is -0.983. The van der Waals surface area contributed by atoms with Crippen LogP contribution < -0.4 is 4.74 Å². The second kappa shape index (κ2) is 11.5. The molecule has 0 heterocycles. The van der Waals surface area contributed by atoms with Crippen LogP contribution in [0.1, 0.15) is 85.5 Å². The first kappa shape index (κ1) is 22.0. The van der Waals surface area contributed by atoms with Crippen molar-refractivity contribution < 1.29 is 14.6 Å². The monoisotopic (exact) mass is 350 g/mol. The molecule has 0 aliphatic rings. The Labute approximate surface area is 154 Å². The van der Waals surface area contributed by atoms with Gasteiger partial charge in [0, 0.05) is 13.0 Å². The van der Waals surface area contributed by atoms with E-state index in [1.165, 1.54) is 0 Å². The molecule has 1 aromatic carbocycles. The van der Waals surface area contributed by atoms with Gasteiger partial charge in [-0.15, -0.1) is 0 Å². The molecule has 144 valence electrons. The summed E-state index contributed by atoms with van der Waals surface area (Å²) in [7, 11) is 0. The van der Waals surface area contributed by atoms with E-state index in [1.54, 1.807) is 0 Å². The molecule has 0 spiro atoms. The fraction of sp³-hybridized carbons (Fsp3) is 0.727. The van der Waals surface area contributed by atoms with E-state index in [2.05, 4.69) is 20.8 Å². The van der Waals surface area contributed by atoms with Crippen LogP contribution in [0.5, 0.6) is 5.75 Å². The summed E-state index contributed by atoms with van der Waals surface area (Å²) in [5, 5.41) is 11.8. The molecule has 1 rings (SSSR count). The molecular formula is C22H38O3. The SMILES string of the molecule is CCCCC(O)(CCCC)C(CCCC)(OCC)Oc1ccccc1. The van der Waals surface area contributed by atoms with E-state index in [0.717, 1.165) is 44.3 Å². The molecular weight excluding hydrogens is 312 g/mol. The number of unbranched alkanes of at least 4 members (excludes halogenated alkanes) is 3. The number of hydrogen-bond acceptors (Lipinski definition) is 3. The minimum Gasteiger partial charge on any atom is -0.459 e. The lowest BCUT2D eigenvalue weighted by molar-refractivity contribution is -0.291. The fourth-order valence-electron chi connectivity index (χ4n) is 3.38. The Kier molecular flexibility index (Phi) is 10.1. The number of ether oxygens (including phenoxy) is 2. The predicted molar refractivity (Wildman–Crippen MR) is 105 cm³/mol. The van der Waals surface area contributed by atoms with Crippen molar-refractivity contribution in [3.05, 3.63) is 30.3 Å². The largest absolute Gasteiger partial charge is 0.459 e. The number of aliphatic hydroxyl groups is 1. The number of rotatable bonds is 14. The van der Waals surface area contributed by atoms with E-state index in [4.69, 9.17) is 9.47 Å². The molecule has 0 bridgehead atoms. The predicted octanol–water partition coefficient (Wildman–Crippen LogP) is 6.10. The van der Waals surface area contributed by atoms with Crippen molar-refractivity contribution in [2.75, 3.05) is 6.61 Å². The van der Waals surface area contributed by atoms with Crippen LogP contribution in [0.25, 0.3) is 0 Å². The molecule has 25 heavy (non-hydrogen) atoms. The Hall–Kier alpha value is -1.06. The van der Waals surface area contributed by atoms with Crippen molar-refractivity contribution in [1.82, 2.24) is 0 Å². The first-order chi connectivity index (χ1) is 12.1. The molecule has 0 amide bonds. The maximum atomic E-state index is 11.8. The first-order valence-electron chi connectivity index (χ1n) is 10.2. The van der Waals surface area contributed by atoms with Crippen molar-refractivity contribution in [2.24, 2.45) is 0 Å². The van der Waals surface area contributed by atoms with Gasteiger partial charge in [0.1, 0.15) is 11.4 Å². The summed E-state index contributed by atoms with van der Waals surface area (Å²) in [6, 6.07) is 9.78. The average molecular weight is 351 g/mol. The normalized spacial score (nSPS) is 14.3. The van der Waals surface area contributed by atoms with Crippen LogP contribution in [0, 0.1) is 0 Å². The van der Waals surface area contributed by atoms with Crippen LogP contribution in [0.15, 0.2) is 30.3 Å². The van der Waals surface area contributed by atoms with Crippen LogP contribution in [0.3, 0.4) is 0 Å². The zero-order valence-corrected chi connectivity index (χ0v) is 16.7. The Bertz CT molecular complexity index is 438. The van der Waals surface area contributed by atoms with E-state index in [-0.39, 0.29) is 0 Å². The van der Waals surface area contributed by atoms with Crippen LogP contribution in [-0.2, 0) is 4.74 Å². The van der Waals surface area contributed by atoms with Gasteiger partial charge in [0.2, 0.25) is 5.79 Å². The highest BCUT2D eigenvalue weighted by Crippen LogP contribution is 2.41. The van der Waals surface area contributed by atoms with Gasteiger partial charge in [-0.1, -0.05) is 71.1 Å². The van der Waals surface area contributed by atoms with Crippen molar-refractivity contribution in [2.45, 2.75) is 96.9 Å². The lowest BCUT2D eigenvalue weighted by Crippen LogP contribution is -2.60. The quantitative estimate of drug-likeness (QED) is 0.412. The third-order valence-corrected chi connectivity index (χ3v) is 4.86. The maximum absolute atomic E-state index is 11.8. The molecule has 1 aromatic rings. The number of para-hydroxylation sites is 1. The lowest BCUT2D eigenvalue weighted by Gasteiger charge is -2.47. The molecule has 0 aromatic heterocycles. The summed E-state index contributed by atoms with van der Waals surface area (Å²) in [6.45, 7) is 8.99. The third kappa shape index (κ3) is 6.31. The highest BCUT2D eigenvalue weighted by atomic mass is 16.7. The van der Waals surface area contributed by atoms with E-state index in [1.807, 2.05) is 37.3 Å². The van der Waals surface area contributed by atoms with Crippen LogP contribution in [0.4, 0.5) is 0 Å². The molecule has 3 nitrogen and oxygen atoms in total. The number of benzene rings is 1. The summed E-state index contributed by atoms with van der Waals surface area (Å²) in [6.07, 6.45) is 8.18. The molecule has 0 aliphatic carbocycles. The zero-order chi connectivity index (χ0) is 18.6. The van der Waals surface area contributed by atoms with Gasteiger partial charge in [-0.05, 0) is 38.3 Å². The first-order valence-corrected chi connectivity index (χ1v) is 10.2. The van der Waals surface area contributed by atoms with Crippen molar-refractivity contribution >= 4 is 0 Å². The Morgan fingerprint density at radius 1 is 0.800 bits per heavy atom. The second-order valence-corrected chi connectivity index (χ2v) is 6.94. The van der Waals surface area contributed by atoms with Crippen molar-refractivity contribution in [3.8, 4) is 5.75 Å². The topological polar surface area (TPSA) is 38.7 Å². The summed E-state index contributed by atoms with van der Waals surface area (Å²) in [5.41, 5.74) is -0.972. The van der Waals surface area contributed by atoms with Crippen molar-refractivity contribution in [1.29, 1.82) is 0 Å². The van der Waals surface area contributed by atoms with Gasteiger partial charge in [-0.3, -0.25) is 0 Å². The molecule has 0 saturated carbocycles. The molecule has 0 saturated heterocycles. The summed E-state index contributed by atoms with van der Waals surface area (Å²) < 4.78 is 12.7. The Balaban J connectivity index is 3.24. The summed E-state index contributed by atoms with van der Waals surface area (Å²) in [4.78, 5) is 0. The van der Waals surface area contributed by atoms with Gasteiger partial charge in [0.25, 0.3) is 0 Å². The highest BCUT2D eigenvalue weighted by Gasteiger charge is 2.52. The standard InChI is InChI=1S/C22H38O3/c1-5-9-17-21(23,18-10-6-2)22(24-8-4,19-11-7-3)25-20-15-13-12-14-16-20/h12-16,23H,5-11,17-19H2,1-4H3. The van der Waals surface area contributed by atoms with Gasteiger partial charge in [0.05, 0.1) is 0 Å².